The second-order valence-electron chi connectivity index (χ2n) is 6.29. The van der Waals surface area contributed by atoms with Crippen LogP contribution in [0.4, 0.5) is 0 Å². The van der Waals surface area contributed by atoms with E-state index in [-0.39, 0.29) is 0 Å². The molecule has 0 saturated carbocycles. The number of aromatic nitrogens is 2. The van der Waals surface area contributed by atoms with E-state index < -0.39 is 0 Å². The minimum Gasteiger partial charge on any atom is -0.494 e. The van der Waals surface area contributed by atoms with E-state index in [0.717, 1.165) is 6.54 Å². The van der Waals surface area contributed by atoms with E-state index in [9.17, 15) is 0 Å². The highest BCUT2D eigenvalue weighted by Crippen LogP contribution is 2.27. The fraction of sp³-hybridized carbons (Fsp3) is 0.368. The molecule has 1 aliphatic heterocycles. The first-order valence-corrected chi connectivity index (χ1v) is 8.55. The predicted molar refractivity (Wildman–Crippen MR) is 103 cm³/mol. The Balaban J connectivity index is 0.000000273. The van der Waals surface area contributed by atoms with Crippen LogP contribution in [0.25, 0.3) is 11.1 Å². The van der Waals surface area contributed by atoms with Gasteiger partial charge < -0.3 is 20.8 Å². The number of allylic oxidation sites excluding steroid dienone is 2. The lowest BCUT2D eigenvalue weighted by atomic mass is 10.1. The van der Waals surface area contributed by atoms with Crippen molar-refractivity contribution in [2.45, 2.75) is 32.7 Å². The molecular formula is C19H23N7O. The van der Waals surface area contributed by atoms with Crippen molar-refractivity contribution < 1.29 is 4.74 Å². The molecule has 27 heavy (non-hydrogen) atoms. The van der Waals surface area contributed by atoms with Crippen LogP contribution in [0.2, 0.25) is 0 Å². The van der Waals surface area contributed by atoms with Gasteiger partial charge in [-0.2, -0.15) is 15.6 Å². The quantitative estimate of drug-likeness (QED) is 0.635. The van der Waals surface area contributed by atoms with Gasteiger partial charge in [0.25, 0.3) is 0 Å². The lowest BCUT2D eigenvalue weighted by molar-refractivity contribution is 0.388. The van der Waals surface area contributed by atoms with Crippen LogP contribution in [0, 0.1) is 28.2 Å². The first-order valence-electron chi connectivity index (χ1n) is 8.55. The van der Waals surface area contributed by atoms with E-state index in [0.29, 0.717) is 39.7 Å². The molecule has 3 N–H and O–H groups in total. The summed E-state index contributed by atoms with van der Waals surface area (Å²) in [6, 6.07) is 4.31. The number of fused-ring (bicyclic) bond motifs is 1. The van der Waals surface area contributed by atoms with Crippen LogP contribution in [-0.4, -0.2) is 40.4 Å². The molecule has 3 rings (SSSR count). The normalized spacial score (nSPS) is 16.6. The maximum atomic E-state index is 9.03. The minimum absolute atomic E-state index is 0.438. The van der Waals surface area contributed by atoms with Crippen LogP contribution in [0.3, 0.4) is 0 Å². The van der Waals surface area contributed by atoms with Gasteiger partial charge in [0.2, 0.25) is 0 Å². The van der Waals surface area contributed by atoms with Crippen LogP contribution < -0.4 is 10.5 Å². The molecule has 0 aliphatic carbocycles. The van der Waals surface area contributed by atoms with Gasteiger partial charge in [-0.05, 0) is 32.8 Å². The average molecular weight is 365 g/mol. The van der Waals surface area contributed by atoms with Gasteiger partial charge >= 0.3 is 0 Å². The molecule has 8 nitrogen and oxygen atoms in total. The predicted octanol–water partition coefficient (Wildman–Crippen LogP) is 2.51. The number of methoxy groups -OCH3 is 1. The molecule has 2 aromatic rings. The molecule has 0 amide bonds. The summed E-state index contributed by atoms with van der Waals surface area (Å²) in [5.74, 6) is 0.521. The van der Waals surface area contributed by atoms with Crippen LogP contribution >= 0.6 is 0 Å². The van der Waals surface area contributed by atoms with Gasteiger partial charge in [-0.25, -0.2) is 4.52 Å². The first-order chi connectivity index (χ1) is 13.0. The van der Waals surface area contributed by atoms with E-state index in [2.05, 4.69) is 24.3 Å². The van der Waals surface area contributed by atoms with Crippen molar-refractivity contribution in [3.8, 4) is 18.0 Å². The lowest BCUT2D eigenvalue weighted by Gasteiger charge is -2.10. The zero-order valence-corrected chi connectivity index (χ0v) is 15.7. The molecule has 0 spiro atoms. The molecule has 0 aromatic carbocycles. The smallest absolute Gasteiger partial charge is 0.179 e. The highest BCUT2D eigenvalue weighted by molar-refractivity contribution is 6.09. The summed E-state index contributed by atoms with van der Waals surface area (Å²) in [6.07, 6.45) is 8.90. The number of nitriles is 2. The van der Waals surface area contributed by atoms with Gasteiger partial charge in [-0.1, -0.05) is 0 Å². The summed E-state index contributed by atoms with van der Waals surface area (Å²) in [5.41, 5.74) is 8.63. The summed E-state index contributed by atoms with van der Waals surface area (Å²) in [7, 11) is 1.52. The van der Waals surface area contributed by atoms with Crippen molar-refractivity contribution in [1.29, 1.82) is 15.9 Å². The summed E-state index contributed by atoms with van der Waals surface area (Å²) >= 11 is 0. The van der Waals surface area contributed by atoms with E-state index in [4.69, 9.17) is 26.4 Å². The van der Waals surface area contributed by atoms with Crippen molar-refractivity contribution in [3.63, 3.8) is 0 Å². The lowest BCUT2D eigenvalue weighted by Crippen LogP contribution is -2.20. The summed E-state index contributed by atoms with van der Waals surface area (Å²) < 4.78 is 6.85. The van der Waals surface area contributed by atoms with Crippen molar-refractivity contribution in [3.05, 3.63) is 35.3 Å². The first kappa shape index (κ1) is 19.8. The van der Waals surface area contributed by atoms with E-state index >= 15 is 0 Å². The van der Waals surface area contributed by atoms with Crippen molar-refractivity contribution in [2.24, 2.45) is 5.73 Å². The zero-order valence-electron chi connectivity index (χ0n) is 15.7. The highest BCUT2D eigenvalue weighted by atomic mass is 16.5. The van der Waals surface area contributed by atoms with Gasteiger partial charge in [-0.3, -0.25) is 0 Å². The fourth-order valence-corrected chi connectivity index (χ4v) is 2.98. The number of nitrogens with two attached hydrogens (primary N) is 1. The van der Waals surface area contributed by atoms with E-state index in [1.54, 1.807) is 23.7 Å². The largest absolute Gasteiger partial charge is 0.494 e. The fourth-order valence-electron chi connectivity index (χ4n) is 2.98. The Labute approximate surface area is 158 Å². The minimum atomic E-state index is 0.438. The molecule has 0 radical (unpaired) electrons. The van der Waals surface area contributed by atoms with Crippen molar-refractivity contribution >= 4 is 17.3 Å². The number of rotatable bonds is 3. The Morgan fingerprint density at radius 3 is 2.67 bits per heavy atom. The third kappa shape index (κ3) is 4.18. The Kier molecular flexibility index (Phi) is 6.40. The summed E-state index contributed by atoms with van der Waals surface area (Å²) in [4.78, 5) is 1.83. The number of likely N-dealkylation sites (tertiary alicyclic amines) is 1. The standard InChI is InChI=1S/C13H13N5O.C6H10N2/c1-8(16)11(5-15)9-3-12(19-2)13-10(4-14)6-17-18(13)7-9;1-6-3-2-4-8(6)5-7/h3,5-7,15H,16H2,1-2H3;6H,2-4H2,1H3/b11-8+,15-5?;/t;6-/m.0/s1. The SMILES string of the molecule is COc1cc(/C(C=N)=C(\C)N)cn2ncc(C#N)c12.C[C@H]1CCCN1C#N. The second kappa shape index (κ2) is 8.72. The maximum Gasteiger partial charge on any atom is 0.179 e. The highest BCUT2D eigenvalue weighted by Gasteiger charge is 2.17. The maximum absolute atomic E-state index is 9.03. The number of nitrogens with zero attached hydrogens (tertiary/aromatic N) is 5. The molecule has 0 bridgehead atoms. The molecular weight excluding hydrogens is 342 g/mol. The van der Waals surface area contributed by atoms with E-state index in [1.807, 2.05) is 4.90 Å². The summed E-state index contributed by atoms with van der Waals surface area (Å²) in [6.45, 7) is 4.79. The van der Waals surface area contributed by atoms with Crippen LogP contribution in [0.5, 0.6) is 5.75 Å². The number of hydrogen-bond donors (Lipinski definition) is 2. The number of ether oxygens (including phenoxy) is 1. The van der Waals surface area contributed by atoms with Crippen LogP contribution in [0.15, 0.2) is 24.2 Å². The molecule has 8 heteroatoms. The molecule has 1 saturated heterocycles. The molecule has 2 aromatic heterocycles. The topological polar surface area (TPSA) is 127 Å². The summed E-state index contributed by atoms with van der Waals surface area (Å²) in [5, 5.41) is 29.0. The van der Waals surface area contributed by atoms with Crippen LogP contribution in [0.1, 0.15) is 37.8 Å². The van der Waals surface area contributed by atoms with Gasteiger partial charge in [0.1, 0.15) is 22.9 Å². The van der Waals surface area contributed by atoms with Gasteiger partial charge in [0.15, 0.2) is 6.19 Å². The second-order valence-corrected chi connectivity index (χ2v) is 6.29. The third-order valence-electron chi connectivity index (χ3n) is 4.48. The average Bonchev–Trinajstić information content (AvgIpc) is 3.27. The van der Waals surface area contributed by atoms with Crippen molar-refractivity contribution in [2.75, 3.05) is 13.7 Å². The van der Waals surface area contributed by atoms with Crippen LogP contribution in [-0.2, 0) is 0 Å². The van der Waals surface area contributed by atoms with E-state index in [1.165, 1.54) is 32.4 Å². The zero-order chi connectivity index (χ0) is 20.0. The molecule has 1 atom stereocenters. The van der Waals surface area contributed by atoms with Gasteiger partial charge in [0.05, 0.1) is 13.3 Å². The van der Waals surface area contributed by atoms with Gasteiger partial charge in [0, 0.05) is 41.8 Å². The van der Waals surface area contributed by atoms with Crippen molar-refractivity contribution in [1.82, 2.24) is 14.5 Å². The Bertz CT molecular complexity index is 941. The molecule has 0 unspecified atom stereocenters. The Morgan fingerprint density at radius 1 is 1.48 bits per heavy atom. The number of nitrogens with one attached hydrogen (secondary N) is 1. The molecule has 3 heterocycles. The van der Waals surface area contributed by atoms with Gasteiger partial charge in [-0.15, -0.1) is 0 Å². The molecule has 1 fully saturated rings. The number of pyridine rings is 1. The molecule has 1 aliphatic rings. The molecule has 140 valence electrons. The third-order valence-corrected chi connectivity index (χ3v) is 4.48. The Morgan fingerprint density at radius 2 is 2.22 bits per heavy atom. The number of hydrogen-bond acceptors (Lipinski definition) is 7. The Hall–Kier alpha value is -3.52. The monoisotopic (exact) mass is 365 g/mol.